The SMILES string of the molecule is CCCOc1ccc(C2=C(Cl)C(=O)N(CCc3ccc(S(N)(=O)=O)cc3)C2=O)cc1. The van der Waals surface area contributed by atoms with Gasteiger partial charge in [0.15, 0.2) is 0 Å². The zero-order valence-corrected chi connectivity index (χ0v) is 17.9. The molecule has 1 aliphatic heterocycles. The maximum absolute atomic E-state index is 12.8. The Bertz CT molecular complexity index is 1090. The van der Waals surface area contributed by atoms with Crippen molar-refractivity contribution in [2.75, 3.05) is 13.2 Å². The van der Waals surface area contributed by atoms with Crippen molar-refractivity contribution in [3.8, 4) is 5.75 Å². The Morgan fingerprint density at radius 1 is 1.00 bits per heavy atom. The van der Waals surface area contributed by atoms with Crippen molar-refractivity contribution in [1.82, 2.24) is 4.90 Å². The molecule has 7 nitrogen and oxygen atoms in total. The lowest BCUT2D eigenvalue weighted by molar-refractivity contribution is -0.136. The van der Waals surface area contributed by atoms with Crippen molar-refractivity contribution in [2.24, 2.45) is 5.14 Å². The predicted octanol–water partition coefficient (Wildman–Crippen LogP) is 2.68. The van der Waals surface area contributed by atoms with Gasteiger partial charge in [-0.15, -0.1) is 0 Å². The molecule has 2 aromatic carbocycles. The minimum Gasteiger partial charge on any atom is -0.494 e. The molecule has 0 aromatic heterocycles. The summed E-state index contributed by atoms with van der Waals surface area (Å²) < 4.78 is 28.2. The first-order chi connectivity index (χ1) is 14.2. The first kappa shape index (κ1) is 22.0. The number of nitrogens with two attached hydrogens (primary N) is 1. The largest absolute Gasteiger partial charge is 0.494 e. The second kappa shape index (κ2) is 8.99. The molecule has 0 atom stereocenters. The molecule has 1 heterocycles. The molecule has 0 unspecified atom stereocenters. The minimum atomic E-state index is -3.77. The van der Waals surface area contributed by atoms with Gasteiger partial charge >= 0.3 is 0 Å². The van der Waals surface area contributed by atoms with Crippen LogP contribution in [0.1, 0.15) is 24.5 Å². The average Bonchev–Trinajstić information content (AvgIpc) is 2.93. The lowest BCUT2D eigenvalue weighted by atomic mass is 10.1. The van der Waals surface area contributed by atoms with E-state index >= 15 is 0 Å². The quantitative estimate of drug-likeness (QED) is 0.625. The molecule has 158 valence electrons. The molecular formula is C21H21ClN2O5S. The van der Waals surface area contributed by atoms with Crippen LogP contribution in [0.2, 0.25) is 0 Å². The molecule has 0 spiro atoms. The highest BCUT2D eigenvalue weighted by molar-refractivity contribution is 7.89. The normalized spacial score (nSPS) is 14.6. The Kier molecular flexibility index (Phi) is 6.60. The third-order valence-corrected chi connectivity index (χ3v) is 5.88. The van der Waals surface area contributed by atoms with E-state index in [1.807, 2.05) is 6.92 Å². The summed E-state index contributed by atoms with van der Waals surface area (Å²) in [5.41, 5.74) is 1.46. The first-order valence-corrected chi connectivity index (χ1v) is 11.3. The summed E-state index contributed by atoms with van der Waals surface area (Å²) in [4.78, 5) is 26.4. The van der Waals surface area contributed by atoms with E-state index in [-0.39, 0.29) is 22.0 Å². The predicted molar refractivity (Wildman–Crippen MR) is 113 cm³/mol. The molecule has 2 aromatic rings. The number of halogens is 1. The van der Waals surface area contributed by atoms with Gasteiger partial charge in [0.25, 0.3) is 11.8 Å². The van der Waals surface area contributed by atoms with E-state index in [4.69, 9.17) is 21.5 Å². The number of sulfonamides is 1. The monoisotopic (exact) mass is 448 g/mol. The number of carbonyl (C=O) groups excluding carboxylic acids is 2. The van der Waals surface area contributed by atoms with Crippen molar-refractivity contribution in [1.29, 1.82) is 0 Å². The fourth-order valence-corrected chi connectivity index (χ4v) is 3.83. The van der Waals surface area contributed by atoms with Crippen LogP contribution in [0.25, 0.3) is 5.57 Å². The molecule has 0 radical (unpaired) electrons. The number of hydrogen-bond donors (Lipinski definition) is 1. The van der Waals surface area contributed by atoms with Gasteiger partial charge in [-0.05, 0) is 48.2 Å². The van der Waals surface area contributed by atoms with Crippen LogP contribution in [0, 0.1) is 0 Å². The van der Waals surface area contributed by atoms with Gasteiger partial charge in [0.05, 0.1) is 17.1 Å². The van der Waals surface area contributed by atoms with Crippen LogP contribution in [-0.4, -0.2) is 38.3 Å². The van der Waals surface area contributed by atoms with E-state index in [0.29, 0.717) is 24.3 Å². The van der Waals surface area contributed by atoms with Gasteiger partial charge in [-0.3, -0.25) is 14.5 Å². The van der Waals surface area contributed by atoms with Crippen LogP contribution in [-0.2, 0) is 26.0 Å². The fourth-order valence-electron chi connectivity index (χ4n) is 3.02. The summed E-state index contributed by atoms with van der Waals surface area (Å²) in [5, 5.41) is 4.96. The van der Waals surface area contributed by atoms with E-state index in [2.05, 4.69) is 0 Å². The van der Waals surface area contributed by atoms with Crippen molar-refractivity contribution >= 4 is 39.0 Å². The Morgan fingerprint density at radius 2 is 1.63 bits per heavy atom. The zero-order valence-electron chi connectivity index (χ0n) is 16.3. The Hall–Kier alpha value is -2.68. The van der Waals surface area contributed by atoms with Crippen molar-refractivity contribution < 1.29 is 22.7 Å². The Labute approximate surface area is 180 Å². The number of benzene rings is 2. The van der Waals surface area contributed by atoms with Gasteiger partial charge in [-0.2, -0.15) is 0 Å². The molecule has 0 bridgehead atoms. The van der Waals surface area contributed by atoms with Crippen LogP contribution >= 0.6 is 11.6 Å². The second-order valence-corrected chi connectivity index (χ2v) is 8.70. The summed E-state index contributed by atoms with van der Waals surface area (Å²) in [6, 6.07) is 12.8. The van der Waals surface area contributed by atoms with E-state index in [0.717, 1.165) is 16.9 Å². The summed E-state index contributed by atoms with van der Waals surface area (Å²) >= 11 is 6.18. The van der Waals surface area contributed by atoms with Crippen molar-refractivity contribution in [3.63, 3.8) is 0 Å². The fraction of sp³-hybridized carbons (Fsp3) is 0.238. The molecule has 30 heavy (non-hydrogen) atoms. The number of imide groups is 1. The van der Waals surface area contributed by atoms with E-state index in [1.54, 1.807) is 36.4 Å². The molecular weight excluding hydrogens is 428 g/mol. The molecule has 0 saturated heterocycles. The van der Waals surface area contributed by atoms with Gasteiger partial charge in [0.2, 0.25) is 10.0 Å². The van der Waals surface area contributed by atoms with Crippen LogP contribution in [0.15, 0.2) is 58.5 Å². The van der Waals surface area contributed by atoms with Gasteiger partial charge in [-0.25, -0.2) is 13.6 Å². The third kappa shape index (κ3) is 4.72. The molecule has 0 saturated carbocycles. The second-order valence-electron chi connectivity index (χ2n) is 6.76. The van der Waals surface area contributed by atoms with Crippen molar-refractivity contribution in [2.45, 2.75) is 24.7 Å². The van der Waals surface area contributed by atoms with E-state index < -0.39 is 21.8 Å². The molecule has 1 aliphatic rings. The Balaban J connectivity index is 1.70. The van der Waals surface area contributed by atoms with Crippen LogP contribution < -0.4 is 9.88 Å². The smallest absolute Gasteiger partial charge is 0.273 e. The summed E-state index contributed by atoms with van der Waals surface area (Å²) in [7, 11) is -3.77. The van der Waals surface area contributed by atoms with Gasteiger partial charge in [-0.1, -0.05) is 42.8 Å². The number of carbonyl (C=O) groups is 2. The third-order valence-electron chi connectivity index (χ3n) is 4.60. The highest BCUT2D eigenvalue weighted by Gasteiger charge is 2.37. The molecule has 0 fully saturated rings. The molecule has 2 amide bonds. The maximum atomic E-state index is 12.8. The Morgan fingerprint density at radius 3 is 2.20 bits per heavy atom. The number of primary sulfonamides is 1. The van der Waals surface area contributed by atoms with E-state index in [9.17, 15) is 18.0 Å². The number of nitrogens with zero attached hydrogens (tertiary/aromatic N) is 1. The number of hydrogen-bond acceptors (Lipinski definition) is 5. The molecule has 3 rings (SSSR count). The molecule has 9 heteroatoms. The van der Waals surface area contributed by atoms with Crippen LogP contribution in [0.3, 0.4) is 0 Å². The van der Waals surface area contributed by atoms with Crippen LogP contribution in [0.4, 0.5) is 0 Å². The van der Waals surface area contributed by atoms with Crippen LogP contribution in [0.5, 0.6) is 5.75 Å². The number of rotatable bonds is 8. The van der Waals surface area contributed by atoms with Gasteiger partial charge < -0.3 is 4.74 Å². The number of ether oxygens (including phenoxy) is 1. The lowest BCUT2D eigenvalue weighted by Gasteiger charge is -2.15. The van der Waals surface area contributed by atoms with Crippen molar-refractivity contribution in [3.05, 3.63) is 64.7 Å². The zero-order chi connectivity index (χ0) is 21.9. The standard InChI is InChI=1S/C21H21ClN2O5S/c1-2-13-29-16-7-5-15(6-8-16)18-19(22)21(26)24(20(18)25)12-11-14-3-9-17(10-4-14)30(23,27)28/h3-10H,2,11-13H2,1H3,(H2,23,27,28). The minimum absolute atomic E-state index is 0.00191. The molecule has 0 aliphatic carbocycles. The summed E-state index contributed by atoms with van der Waals surface area (Å²) in [5.74, 6) is -0.341. The van der Waals surface area contributed by atoms with Gasteiger partial charge in [0.1, 0.15) is 10.8 Å². The molecule has 2 N–H and O–H groups in total. The average molecular weight is 449 g/mol. The van der Waals surface area contributed by atoms with E-state index in [1.165, 1.54) is 12.1 Å². The first-order valence-electron chi connectivity index (χ1n) is 9.33. The van der Waals surface area contributed by atoms with Gasteiger partial charge in [0, 0.05) is 6.54 Å². The number of amides is 2. The highest BCUT2D eigenvalue weighted by Crippen LogP contribution is 2.32. The highest BCUT2D eigenvalue weighted by atomic mass is 35.5. The lowest BCUT2D eigenvalue weighted by Crippen LogP contribution is -2.33. The maximum Gasteiger partial charge on any atom is 0.273 e. The summed E-state index contributed by atoms with van der Waals surface area (Å²) in [6.45, 7) is 2.71. The topological polar surface area (TPSA) is 107 Å². The summed E-state index contributed by atoms with van der Waals surface area (Å²) in [6.07, 6.45) is 1.23.